The van der Waals surface area contributed by atoms with Crippen LogP contribution in [-0.4, -0.2) is 59.5 Å². The van der Waals surface area contributed by atoms with Gasteiger partial charge in [-0.25, -0.2) is 13.6 Å². The van der Waals surface area contributed by atoms with E-state index in [1.807, 2.05) is 0 Å². The summed E-state index contributed by atoms with van der Waals surface area (Å²) < 4.78 is 50.3. The first-order chi connectivity index (χ1) is 14.6. The largest absolute Gasteiger partial charge is 0.756 e. The van der Waals surface area contributed by atoms with Gasteiger partial charge in [0, 0.05) is 0 Å². The van der Waals surface area contributed by atoms with E-state index >= 15 is 0 Å². The Morgan fingerprint density at radius 1 is 1.19 bits per heavy atom. The van der Waals surface area contributed by atoms with Crippen LogP contribution in [0.4, 0.5) is 5.95 Å². The molecule has 6 N–H and O–H groups in total. The second-order valence-corrected chi connectivity index (χ2v) is 10.4. The lowest BCUT2D eigenvalue weighted by Crippen LogP contribution is -2.34. The molecule has 0 aromatic carbocycles. The maximum atomic E-state index is 11.8. The molecule has 2 aromatic rings. The summed E-state index contributed by atoms with van der Waals surface area (Å²) >= 11 is 0. The van der Waals surface area contributed by atoms with Gasteiger partial charge in [-0.2, -0.15) is 4.98 Å². The van der Waals surface area contributed by atoms with Crippen LogP contribution in [0.2, 0.25) is 0 Å². The van der Waals surface area contributed by atoms with Crippen molar-refractivity contribution in [1.29, 1.82) is 0 Å². The van der Waals surface area contributed by atoms with Crippen LogP contribution >= 0.6 is 23.5 Å². The third kappa shape index (κ3) is 5.67. The van der Waals surface area contributed by atoms with Crippen molar-refractivity contribution >= 4 is 40.6 Å². The standard InChI is InChI=1S/C10H16N5O14P3/c11-10-13-7-4(8(18)14-10)12-2-15(7)9-6(17)5(16)3(27-9)1-26-31(22,23)29-32(24,25)28-30(19,20)21/h2-3,5-6,9,16-17H,1H2,(H,22,23)(H,24,25)(H2,19,20,21)(H3,11,13,14,18)/p-3/t3-,5+,6?,9-/m1/s1. The van der Waals surface area contributed by atoms with Crippen LogP contribution in [0.3, 0.4) is 0 Å². The van der Waals surface area contributed by atoms with E-state index in [2.05, 4.69) is 28.1 Å². The lowest BCUT2D eigenvalue weighted by atomic mass is 10.1. The van der Waals surface area contributed by atoms with Gasteiger partial charge in [-0.05, 0) is 0 Å². The van der Waals surface area contributed by atoms with Crippen molar-refractivity contribution in [2.75, 3.05) is 12.3 Å². The SMILES string of the molecule is Nc1nc2c(ncn2[C@@H]2O[C@H](COP(=O)([O-])OP(=O)([O-])OP(=O)([O-])O)[C@H](O)C2O)c(=O)[nH]1. The molecule has 2 aromatic heterocycles. The highest BCUT2D eigenvalue weighted by molar-refractivity contribution is 7.65. The molecule has 1 aliphatic rings. The number of anilines is 1. The maximum absolute atomic E-state index is 11.8. The fourth-order valence-corrected chi connectivity index (χ4v) is 5.57. The van der Waals surface area contributed by atoms with Gasteiger partial charge in [0.1, 0.15) is 18.3 Å². The molecular weight excluding hydrogens is 507 g/mol. The quantitative estimate of drug-likeness (QED) is 0.206. The van der Waals surface area contributed by atoms with E-state index in [9.17, 15) is 43.4 Å². The van der Waals surface area contributed by atoms with E-state index in [4.69, 9.17) is 15.4 Å². The number of imidazole rings is 1. The number of aromatic nitrogens is 4. The van der Waals surface area contributed by atoms with Gasteiger partial charge < -0.3 is 44.8 Å². The normalized spacial score (nSPS) is 29.4. The monoisotopic (exact) mass is 520 g/mol. The van der Waals surface area contributed by atoms with Gasteiger partial charge >= 0.3 is 0 Å². The number of nitrogens with zero attached hydrogens (tertiary/aromatic N) is 3. The average molecular weight is 520 g/mol. The summed E-state index contributed by atoms with van der Waals surface area (Å²) in [6.45, 7) is -1.12. The number of H-pyrrole nitrogens is 1. The molecule has 7 atom stereocenters. The highest BCUT2D eigenvalue weighted by atomic mass is 31.3. The van der Waals surface area contributed by atoms with E-state index in [1.54, 1.807) is 0 Å². The number of rotatable bonds is 8. The Bertz CT molecular complexity index is 1210. The van der Waals surface area contributed by atoms with Gasteiger partial charge in [-0.3, -0.25) is 28.0 Å². The summed E-state index contributed by atoms with van der Waals surface area (Å²) in [7, 11) is -17.8. The Morgan fingerprint density at radius 3 is 2.47 bits per heavy atom. The first-order valence-electron chi connectivity index (χ1n) is 8.05. The number of hydrogen-bond acceptors (Lipinski definition) is 16. The lowest BCUT2D eigenvalue weighted by molar-refractivity contribution is -0.250. The van der Waals surface area contributed by atoms with E-state index in [-0.39, 0.29) is 17.1 Å². The molecule has 0 aliphatic carbocycles. The number of phosphoric ester groups is 1. The van der Waals surface area contributed by atoms with Gasteiger partial charge in [-0.1, -0.05) is 0 Å². The molecule has 19 nitrogen and oxygen atoms in total. The number of nitrogens with two attached hydrogens (primary N) is 1. The minimum atomic E-state index is -6.11. The minimum absolute atomic E-state index is 0.141. The first kappa shape index (κ1) is 25.1. The van der Waals surface area contributed by atoms with Crippen molar-refractivity contribution in [3.05, 3.63) is 16.7 Å². The molecule has 0 bridgehead atoms. The molecular formula is C10H13N5O14P3-3. The molecule has 0 radical (unpaired) electrons. The maximum Gasteiger partial charge on any atom is 0.280 e. The number of phosphoric acid groups is 3. The Labute approximate surface area is 175 Å². The molecule has 3 heterocycles. The third-order valence-corrected chi connectivity index (χ3v) is 7.55. The fourth-order valence-electron chi connectivity index (χ4n) is 2.68. The van der Waals surface area contributed by atoms with Gasteiger partial charge in [0.05, 0.1) is 12.9 Å². The Hall–Kier alpha value is -1.56. The van der Waals surface area contributed by atoms with Crippen molar-refractivity contribution in [3.63, 3.8) is 0 Å². The number of hydrogen-bond donors (Lipinski definition) is 5. The van der Waals surface area contributed by atoms with Crippen LogP contribution in [0.5, 0.6) is 0 Å². The summed E-state index contributed by atoms with van der Waals surface area (Å²) in [5.41, 5.74) is 4.41. The van der Waals surface area contributed by atoms with Crippen molar-refractivity contribution in [2.45, 2.75) is 24.5 Å². The predicted octanol–water partition coefficient (Wildman–Crippen LogP) is -4.23. The smallest absolute Gasteiger partial charge is 0.280 e. The van der Waals surface area contributed by atoms with Gasteiger partial charge in [0.25, 0.3) is 29.0 Å². The molecule has 1 saturated heterocycles. The summed E-state index contributed by atoms with van der Waals surface area (Å²) in [6, 6.07) is 0. The van der Waals surface area contributed by atoms with Crippen LogP contribution in [0.25, 0.3) is 11.2 Å². The second-order valence-electron chi connectivity index (χ2n) is 6.14. The van der Waals surface area contributed by atoms with Gasteiger partial charge in [0.2, 0.25) is 5.95 Å². The van der Waals surface area contributed by atoms with E-state index in [0.29, 0.717) is 0 Å². The first-order valence-corrected chi connectivity index (χ1v) is 12.5. The number of nitrogen functional groups attached to an aromatic ring is 1. The summed E-state index contributed by atoms with van der Waals surface area (Å²) in [6.07, 6.45) is -5.57. The van der Waals surface area contributed by atoms with Crippen molar-refractivity contribution in [1.82, 2.24) is 19.5 Å². The molecule has 0 amide bonds. The molecule has 32 heavy (non-hydrogen) atoms. The summed E-state index contributed by atoms with van der Waals surface area (Å²) in [5, 5.41) is 20.3. The Morgan fingerprint density at radius 2 is 1.84 bits per heavy atom. The van der Waals surface area contributed by atoms with Gasteiger partial charge in [-0.15, -0.1) is 0 Å². The topological polar surface area (TPSA) is 308 Å². The molecule has 3 rings (SSSR count). The summed E-state index contributed by atoms with van der Waals surface area (Å²) in [4.78, 5) is 63.2. The van der Waals surface area contributed by atoms with Crippen molar-refractivity contribution in [3.8, 4) is 0 Å². The predicted molar refractivity (Wildman–Crippen MR) is 91.6 cm³/mol. The Kier molecular flexibility index (Phi) is 6.78. The minimum Gasteiger partial charge on any atom is -0.756 e. The van der Waals surface area contributed by atoms with Crippen LogP contribution in [-0.2, 0) is 31.6 Å². The molecule has 0 spiro atoms. The molecule has 4 unspecified atom stereocenters. The molecule has 0 saturated carbocycles. The van der Waals surface area contributed by atoms with Crippen LogP contribution in [0, 0.1) is 0 Å². The number of aliphatic hydroxyl groups excluding tert-OH is 2. The zero-order chi connectivity index (χ0) is 24.1. The van der Waals surface area contributed by atoms with Crippen LogP contribution in [0.15, 0.2) is 11.1 Å². The van der Waals surface area contributed by atoms with Crippen molar-refractivity contribution < 1.29 is 61.4 Å². The lowest BCUT2D eigenvalue weighted by Gasteiger charge is -2.33. The number of aromatic amines is 1. The highest BCUT2D eigenvalue weighted by Crippen LogP contribution is 2.61. The fraction of sp³-hybridized carbons (Fsp3) is 0.500. The molecule has 180 valence electrons. The van der Waals surface area contributed by atoms with Crippen LogP contribution in [0.1, 0.15) is 6.23 Å². The third-order valence-electron chi connectivity index (χ3n) is 3.86. The molecule has 22 heteroatoms. The van der Waals surface area contributed by atoms with E-state index in [1.165, 1.54) is 0 Å². The number of nitrogens with one attached hydrogen (secondary N) is 1. The second kappa shape index (κ2) is 8.66. The zero-order valence-electron chi connectivity index (χ0n) is 15.2. The van der Waals surface area contributed by atoms with E-state index in [0.717, 1.165) is 10.9 Å². The number of aliphatic hydroxyl groups is 2. The van der Waals surface area contributed by atoms with Gasteiger partial charge in [0.15, 0.2) is 17.4 Å². The number of ether oxygens (including phenoxy) is 1. The van der Waals surface area contributed by atoms with Crippen LogP contribution < -0.4 is 26.0 Å². The molecule has 1 fully saturated rings. The highest BCUT2D eigenvalue weighted by Gasteiger charge is 2.45. The zero-order valence-corrected chi connectivity index (χ0v) is 17.9. The van der Waals surface area contributed by atoms with E-state index < -0.39 is 60.2 Å². The van der Waals surface area contributed by atoms with Crippen molar-refractivity contribution in [2.24, 2.45) is 0 Å². The average Bonchev–Trinajstić information content (AvgIpc) is 3.12. The Balaban J connectivity index is 1.72. The number of fused-ring (bicyclic) bond motifs is 1. The summed E-state index contributed by atoms with van der Waals surface area (Å²) in [5.74, 6) is -0.295. The molecule has 1 aliphatic heterocycles.